The summed E-state index contributed by atoms with van der Waals surface area (Å²) in [4.78, 5) is 23.8. The summed E-state index contributed by atoms with van der Waals surface area (Å²) in [6.07, 6.45) is -1.19. The van der Waals surface area contributed by atoms with Crippen molar-refractivity contribution in [3.63, 3.8) is 0 Å². The number of ether oxygens (including phenoxy) is 2. The van der Waals surface area contributed by atoms with Crippen molar-refractivity contribution in [2.24, 2.45) is 0 Å². The van der Waals surface area contributed by atoms with Crippen molar-refractivity contribution < 1.29 is 32.4 Å². The van der Waals surface area contributed by atoms with E-state index in [2.05, 4.69) is 15.2 Å². The predicted molar refractivity (Wildman–Crippen MR) is 77.8 cm³/mol. The lowest BCUT2D eigenvalue weighted by molar-refractivity contribution is -0.124. The molecule has 7 nitrogen and oxygen atoms in total. The standard InChI is InChI=1S/C15H14F2N2O5/c1-8-7-12(24-19-8)14(21)22-9(2)13(20)18-10-5-3-4-6-11(10)23-15(16)17/h3-7,9,15H,1-2H3,(H,18,20)/t9-/m1/s1. The molecule has 2 aromatic rings. The zero-order chi connectivity index (χ0) is 17.7. The molecule has 0 radical (unpaired) electrons. The summed E-state index contributed by atoms with van der Waals surface area (Å²) < 4.78 is 38.6. The van der Waals surface area contributed by atoms with Crippen molar-refractivity contribution in [3.05, 3.63) is 41.8 Å². The number of carbonyl (C=O) groups excluding carboxylic acids is 2. The quantitative estimate of drug-likeness (QED) is 0.813. The molecule has 0 aliphatic rings. The molecular formula is C15H14F2N2O5. The minimum Gasteiger partial charge on any atom is -0.447 e. The number of anilines is 1. The van der Waals surface area contributed by atoms with Gasteiger partial charge in [-0.05, 0) is 26.0 Å². The summed E-state index contributed by atoms with van der Waals surface area (Å²) in [5.41, 5.74) is 0.512. The van der Waals surface area contributed by atoms with E-state index in [4.69, 9.17) is 9.26 Å². The van der Waals surface area contributed by atoms with Gasteiger partial charge in [0.25, 0.3) is 5.91 Å². The number of nitrogens with one attached hydrogen (secondary N) is 1. The molecule has 1 amide bonds. The highest BCUT2D eigenvalue weighted by molar-refractivity contribution is 5.97. The number of aryl methyl sites for hydroxylation is 1. The Hall–Kier alpha value is -2.97. The maximum absolute atomic E-state index is 12.3. The first-order valence-corrected chi connectivity index (χ1v) is 6.86. The minimum absolute atomic E-state index is 0.0289. The summed E-state index contributed by atoms with van der Waals surface area (Å²) in [7, 11) is 0. The van der Waals surface area contributed by atoms with Crippen molar-refractivity contribution in [2.75, 3.05) is 5.32 Å². The number of amides is 1. The van der Waals surface area contributed by atoms with Gasteiger partial charge in [-0.25, -0.2) is 4.79 Å². The molecular weight excluding hydrogens is 326 g/mol. The van der Waals surface area contributed by atoms with Gasteiger partial charge in [0.15, 0.2) is 6.10 Å². The van der Waals surface area contributed by atoms with Crippen LogP contribution in [0.3, 0.4) is 0 Å². The van der Waals surface area contributed by atoms with Gasteiger partial charge in [-0.1, -0.05) is 17.3 Å². The zero-order valence-electron chi connectivity index (χ0n) is 12.8. The Balaban J connectivity index is 2.00. The Morgan fingerprint density at radius 3 is 2.62 bits per heavy atom. The number of hydrogen-bond acceptors (Lipinski definition) is 6. The molecule has 0 unspecified atom stereocenters. The number of alkyl halides is 2. The van der Waals surface area contributed by atoms with Crippen molar-refractivity contribution in [1.29, 1.82) is 0 Å². The topological polar surface area (TPSA) is 90.7 Å². The molecule has 0 spiro atoms. The summed E-state index contributed by atoms with van der Waals surface area (Å²) in [6.45, 7) is -0.0864. The van der Waals surface area contributed by atoms with Crippen molar-refractivity contribution >= 4 is 17.6 Å². The van der Waals surface area contributed by atoms with Gasteiger partial charge in [0, 0.05) is 6.07 Å². The third-order valence-electron chi connectivity index (χ3n) is 2.84. The van der Waals surface area contributed by atoms with E-state index in [1.54, 1.807) is 6.92 Å². The van der Waals surface area contributed by atoms with Crippen LogP contribution in [0.2, 0.25) is 0 Å². The van der Waals surface area contributed by atoms with Crippen LogP contribution < -0.4 is 10.1 Å². The van der Waals surface area contributed by atoms with E-state index >= 15 is 0 Å². The van der Waals surface area contributed by atoms with Gasteiger partial charge in [0.05, 0.1) is 11.4 Å². The Morgan fingerprint density at radius 1 is 1.29 bits per heavy atom. The van der Waals surface area contributed by atoms with Crippen LogP contribution in [0.4, 0.5) is 14.5 Å². The third kappa shape index (κ3) is 4.51. The molecule has 0 aliphatic carbocycles. The largest absolute Gasteiger partial charge is 0.447 e. The average molecular weight is 340 g/mol. The molecule has 0 bridgehead atoms. The first-order chi connectivity index (χ1) is 11.4. The maximum atomic E-state index is 12.3. The van der Waals surface area contributed by atoms with Crippen LogP contribution in [-0.2, 0) is 9.53 Å². The Labute approximate surface area is 135 Å². The Morgan fingerprint density at radius 2 is 2.00 bits per heavy atom. The van der Waals surface area contributed by atoms with Crippen LogP contribution in [0.5, 0.6) is 5.75 Å². The second kappa shape index (κ2) is 7.53. The predicted octanol–water partition coefficient (Wildman–Crippen LogP) is 2.77. The molecule has 1 atom stereocenters. The lowest BCUT2D eigenvalue weighted by atomic mass is 10.2. The van der Waals surface area contributed by atoms with E-state index in [0.29, 0.717) is 5.69 Å². The molecule has 1 N–H and O–H groups in total. The van der Waals surface area contributed by atoms with E-state index in [9.17, 15) is 18.4 Å². The van der Waals surface area contributed by atoms with Gasteiger partial charge >= 0.3 is 12.6 Å². The molecule has 0 saturated carbocycles. The lowest BCUT2D eigenvalue weighted by Crippen LogP contribution is -2.30. The maximum Gasteiger partial charge on any atom is 0.387 e. The minimum atomic E-state index is -3.03. The highest BCUT2D eigenvalue weighted by Gasteiger charge is 2.22. The molecule has 128 valence electrons. The fraction of sp³-hybridized carbons (Fsp3) is 0.267. The first-order valence-electron chi connectivity index (χ1n) is 6.86. The van der Waals surface area contributed by atoms with E-state index in [1.807, 2.05) is 0 Å². The van der Waals surface area contributed by atoms with Crippen LogP contribution in [0.25, 0.3) is 0 Å². The molecule has 0 aliphatic heterocycles. The fourth-order valence-electron chi connectivity index (χ4n) is 1.73. The van der Waals surface area contributed by atoms with E-state index in [0.717, 1.165) is 0 Å². The van der Waals surface area contributed by atoms with Crippen molar-refractivity contribution in [3.8, 4) is 5.75 Å². The number of aromatic nitrogens is 1. The van der Waals surface area contributed by atoms with Crippen LogP contribution in [0.1, 0.15) is 23.2 Å². The zero-order valence-corrected chi connectivity index (χ0v) is 12.8. The second-order valence-electron chi connectivity index (χ2n) is 4.74. The van der Waals surface area contributed by atoms with Crippen molar-refractivity contribution in [1.82, 2.24) is 5.16 Å². The van der Waals surface area contributed by atoms with Crippen LogP contribution in [0.15, 0.2) is 34.9 Å². The first kappa shape index (κ1) is 17.4. The van der Waals surface area contributed by atoms with E-state index in [1.165, 1.54) is 37.3 Å². The molecule has 24 heavy (non-hydrogen) atoms. The molecule has 0 saturated heterocycles. The summed E-state index contributed by atoms with van der Waals surface area (Å²) in [6, 6.07) is 7.02. The molecule has 1 aromatic carbocycles. The van der Waals surface area contributed by atoms with E-state index < -0.39 is 24.6 Å². The van der Waals surface area contributed by atoms with E-state index in [-0.39, 0.29) is 17.2 Å². The number of halogens is 2. The summed E-state index contributed by atoms with van der Waals surface area (Å²) in [5.74, 6) is -1.93. The van der Waals surface area contributed by atoms with Crippen LogP contribution in [-0.4, -0.2) is 29.7 Å². The van der Waals surface area contributed by atoms with Gasteiger partial charge < -0.3 is 19.3 Å². The fourth-order valence-corrected chi connectivity index (χ4v) is 1.73. The average Bonchev–Trinajstić information content (AvgIpc) is 2.95. The molecule has 1 heterocycles. The van der Waals surface area contributed by atoms with Crippen LogP contribution >= 0.6 is 0 Å². The molecule has 1 aromatic heterocycles. The number of para-hydroxylation sites is 2. The van der Waals surface area contributed by atoms with Gasteiger partial charge in [-0.2, -0.15) is 8.78 Å². The number of hydrogen-bond donors (Lipinski definition) is 1. The van der Waals surface area contributed by atoms with Gasteiger partial charge in [-0.15, -0.1) is 0 Å². The molecule has 9 heteroatoms. The monoisotopic (exact) mass is 340 g/mol. The number of nitrogens with zero attached hydrogens (tertiary/aromatic N) is 1. The highest BCUT2D eigenvalue weighted by Crippen LogP contribution is 2.25. The van der Waals surface area contributed by atoms with Gasteiger partial charge in [-0.3, -0.25) is 4.79 Å². The smallest absolute Gasteiger partial charge is 0.387 e. The Kier molecular flexibility index (Phi) is 5.46. The highest BCUT2D eigenvalue weighted by atomic mass is 19.3. The summed E-state index contributed by atoms with van der Waals surface area (Å²) >= 11 is 0. The number of esters is 1. The Bertz CT molecular complexity index is 732. The molecule has 0 fully saturated rings. The number of rotatable bonds is 6. The SMILES string of the molecule is Cc1cc(C(=O)O[C@H](C)C(=O)Nc2ccccc2OC(F)F)on1. The third-order valence-corrected chi connectivity index (χ3v) is 2.84. The van der Waals surface area contributed by atoms with Crippen molar-refractivity contribution in [2.45, 2.75) is 26.6 Å². The lowest BCUT2D eigenvalue weighted by Gasteiger charge is -2.15. The van der Waals surface area contributed by atoms with Crippen LogP contribution in [0, 0.1) is 6.92 Å². The normalized spacial score (nSPS) is 11.9. The van der Waals surface area contributed by atoms with Gasteiger partial charge in [0.2, 0.25) is 5.76 Å². The number of carbonyl (C=O) groups is 2. The number of benzene rings is 1. The molecule has 2 rings (SSSR count). The van der Waals surface area contributed by atoms with Gasteiger partial charge in [0.1, 0.15) is 5.75 Å². The second-order valence-corrected chi connectivity index (χ2v) is 4.74. The summed E-state index contributed by atoms with van der Waals surface area (Å²) in [5, 5.41) is 5.89.